The standard InChI is InChI=1S/C20H30N4O6/c1-12(2)8-15(24-18(27)14(21)11-25)19(28)22-10-17(26)23-16(20(29)30)9-13-6-4-3-5-7-13/h3-7,12,14-16,25H,8-11,21H2,1-2H3,(H,22,28)(H,23,26)(H,24,27)(H,29,30)/t14-,15-,16-/m0/s1. The third-order valence-electron chi connectivity index (χ3n) is 4.21. The Morgan fingerprint density at radius 2 is 1.63 bits per heavy atom. The lowest BCUT2D eigenvalue weighted by molar-refractivity contribution is -0.141. The van der Waals surface area contributed by atoms with E-state index in [9.17, 15) is 24.3 Å². The second-order valence-corrected chi connectivity index (χ2v) is 7.35. The Kier molecular flexibility index (Phi) is 10.5. The number of carboxylic acid groups (broad SMARTS) is 1. The van der Waals surface area contributed by atoms with Crippen molar-refractivity contribution in [3.63, 3.8) is 0 Å². The number of nitrogens with two attached hydrogens (primary N) is 1. The highest BCUT2D eigenvalue weighted by Crippen LogP contribution is 2.06. The molecule has 0 aromatic heterocycles. The number of hydrogen-bond acceptors (Lipinski definition) is 6. The van der Waals surface area contributed by atoms with Gasteiger partial charge >= 0.3 is 5.97 Å². The number of aliphatic hydroxyl groups is 1. The molecule has 0 unspecified atom stereocenters. The predicted octanol–water partition coefficient (Wildman–Crippen LogP) is -1.23. The van der Waals surface area contributed by atoms with E-state index in [4.69, 9.17) is 10.8 Å². The first-order valence-corrected chi connectivity index (χ1v) is 9.64. The zero-order chi connectivity index (χ0) is 22.7. The van der Waals surface area contributed by atoms with Crippen LogP contribution < -0.4 is 21.7 Å². The van der Waals surface area contributed by atoms with Crippen molar-refractivity contribution >= 4 is 23.7 Å². The van der Waals surface area contributed by atoms with E-state index in [0.29, 0.717) is 6.42 Å². The summed E-state index contributed by atoms with van der Waals surface area (Å²) in [7, 11) is 0. The van der Waals surface area contributed by atoms with Gasteiger partial charge in [0.1, 0.15) is 18.1 Å². The van der Waals surface area contributed by atoms with Gasteiger partial charge in [-0.05, 0) is 17.9 Å². The molecule has 10 nitrogen and oxygen atoms in total. The molecule has 0 aliphatic carbocycles. The number of carboxylic acids is 1. The number of hydrogen-bond donors (Lipinski definition) is 6. The lowest BCUT2D eigenvalue weighted by atomic mass is 10.0. The zero-order valence-corrected chi connectivity index (χ0v) is 17.1. The van der Waals surface area contributed by atoms with Gasteiger partial charge in [0.05, 0.1) is 13.2 Å². The number of amides is 3. The molecule has 0 heterocycles. The van der Waals surface area contributed by atoms with Crippen LogP contribution in [0.25, 0.3) is 0 Å². The maximum Gasteiger partial charge on any atom is 0.326 e. The van der Waals surface area contributed by atoms with Crippen LogP contribution in [-0.4, -0.2) is 65.2 Å². The van der Waals surface area contributed by atoms with Crippen LogP contribution in [0.2, 0.25) is 0 Å². The zero-order valence-electron chi connectivity index (χ0n) is 17.1. The Morgan fingerprint density at radius 1 is 1.00 bits per heavy atom. The largest absolute Gasteiger partial charge is 0.480 e. The van der Waals surface area contributed by atoms with Crippen molar-refractivity contribution in [3.8, 4) is 0 Å². The molecule has 7 N–H and O–H groups in total. The summed E-state index contributed by atoms with van der Waals surface area (Å²) in [5.74, 6) is -3.10. The fourth-order valence-electron chi connectivity index (χ4n) is 2.65. The minimum atomic E-state index is -1.19. The van der Waals surface area contributed by atoms with E-state index in [2.05, 4.69) is 16.0 Å². The Hall–Kier alpha value is -2.98. The Labute approximate surface area is 175 Å². The van der Waals surface area contributed by atoms with Crippen molar-refractivity contribution in [1.29, 1.82) is 0 Å². The van der Waals surface area contributed by atoms with Gasteiger partial charge in [0.15, 0.2) is 0 Å². The van der Waals surface area contributed by atoms with Gasteiger partial charge < -0.3 is 31.9 Å². The molecule has 0 saturated carbocycles. The minimum absolute atomic E-state index is 0.0579. The van der Waals surface area contributed by atoms with Crippen LogP contribution >= 0.6 is 0 Å². The number of carbonyl (C=O) groups excluding carboxylic acids is 3. The normalized spacial score (nSPS) is 13.8. The molecule has 0 fully saturated rings. The lowest BCUT2D eigenvalue weighted by Gasteiger charge is -2.22. The predicted molar refractivity (Wildman–Crippen MR) is 109 cm³/mol. The maximum atomic E-state index is 12.4. The number of nitrogens with one attached hydrogen (secondary N) is 3. The molecule has 0 bridgehead atoms. The van der Waals surface area contributed by atoms with Crippen molar-refractivity contribution < 1.29 is 29.4 Å². The SMILES string of the molecule is CC(C)C[C@H](NC(=O)[C@@H](N)CO)C(=O)NCC(=O)N[C@@H](Cc1ccccc1)C(=O)O. The maximum absolute atomic E-state index is 12.4. The highest BCUT2D eigenvalue weighted by atomic mass is 16.4. The Morgan fingerprint density at radius 3 is 2.17 bits per heavy atom. The number of rotatable bonds is 12. The van der Waals surface area contributed by atoms with Gasteiger partial charge in [-0.2, -0.15) is 0 Å². The summed E-state index contributed by atoms with van der Waals surface area (Å²) in [5, 5.41) is 25.5. The van der Waals surface area contributed by atoms with E-state index in [-0.39, 0.29) is 12.3 Å². The molecular weight excluding hydrogens is 392 g/mol. The second kappa shape index (κ2) is 12.6. The van der Waals surface area contributed by atoms with Gasteiger partial charge in [-0.25, -0.2) is 4.79 Å². The first-order valence-electron chi connectivity index (χ1n) is 9.64. The van der Waals surface area contributed by atoms with Crippen molar-refractivity contribution in [2.24, 2.45) is 11.7 Å². The van der Waals surface area contributed by atoms with Crippen LogP contribution in [0.4, 0.5) is 0 Å². The van der Waals surface area contributed by atoms with E-state index >= 15 is 0 Å². The van der Waals surface area contributed by atoms with Crippen LogP contribution in [0.5, 0.6) is 0 Å². The van der Waals surface area contributed by atoms with E-state index in [1.807, 2.05) is 13.8 Å². The number of aliphatic hydroxyl groups excluding tert-OH is 1. The monoisotopic (exact) mass is 422 g/mol. The van der Waals surface area contributed by atoms with E-state index < -0.39 is 55.0 Å². The lowest BCUT2D eigenvalue weighted by Crippen LogP contribution is -2.54. The van der Waals surface area contributed by atoms with E-state index in [1.165, 1.54) is 0 Å². The second-order valence-electron chi connectivity index (χ2n) is 7.35. The van der Waals surface area contributed by atoms with Crippen molar-refractivity contribution in [2.45, 2.75) is 44.8 Å². The average Bonchev–Trinajstić information content (AvgIpc) is 2.70. The van der Waals surface area contributed by atoms with Gasteiger partial charge in [0.2, 0.25) is 17.7 Å². The topological polar surface area (TPSA) is 171 Å². The number of benzene rings is 1. The molecule has 3 atom stereocenters. The molecular formula is C20H30N4O6. The summed E-state index contributed by atoms with van der Waals surface area (Å²) >= 11 is 0. The third kappa shape index (κ3) is 9.01. The van der Waals surface area contributed by atoms with Gasteiger partial charge in [-0.3, -0.25) is 14.4 Å². The minimum Gasteiger partial charge on any atom is -0.480 e. The average molecular weight is 422 g/mol. The molecule has 1 rings (SSSR count). The van der Waals surface area contributed by atoms with Crippen molar-refractivity contribution in [2.75, 3.05) is 13.2 Å². The molecule has 0 saturated heterocycles. The first kappa shape index (κ1) is 25.1. The van der Waals surface area contributed by atoms with Crippen LogP contribution in [-0.2, 0) is 25.6 Å². The molecule has 0 radical (unpaired) electrons. The molecule has 0 aliphatic rings. The van der Waals surface area contributed by atoms with Gasteiger partial charge in [0, 0.05) is 6.42 Å². The Balaban J connectivity index is 2.64. The van der Waals surface area contributed by atoms with Crippen LogP contribution in [0.3, 0.4) is 0 Å². The molecule has 30 heavy (non-hydrogen) atoms. The number of aliphatic carboxylic acids is 1. The van der Waals surface area contributed by atoms with Gasteiger partial charge in [-0.15, -0.1) is 0 Å². The van der Waals surface area contributed by atoms with Gasteiger partial charge in [0.25, 0.3) is 0 Å². The molecule has 1 aromatic rings. The fourth-order valence-corrected chi connectivity index (χ4v) is 2.65. The fraction of sp³-hybridized carbons (Fsp3) is 0.500. The third-order valence-corrected chi connectivity index (χ3v) is 4.21. The molecule has 166 valence electrons. The van der Waals surface area contributed by atoms with Crippen LogP contribution in [0.15, 0.2) is 30.3 Å². The Bertz CT molecular complexity index is 725. The van der Waals surface area contributed by atoms with Crippen molar-refractivity contribution in [1.82, 2.24) is 16.0 Å². The summed E-state index contributed by atoms with van der Waals surface area (Å²) in [6, 6.07) is 5.58. The summed E-state index contributed by atoms with van der Waals surface area (Å²) < 4.78 is 0. The van der Waals surface area contributed by atoms with E-state index in [1.54, 1.807) is 30.3 Å². The first-order chi connectivity index (χ1) is 14.1. The molecule has 0 spiro atoms. The highest BCUT2D eigenvalue weighted by Gasteiger charge is 2.25. The smallest absolute Gasteiger partial charge is 0.326 e. The molecule has 0 aliphatic heterocycles. The molecule has 3 amide bonds. The summed E-state index contributed by atoms with van der Waals surface area (Å²) in [4.78, 5) is 47.9. The summed E-state index contributed by atoms with van der Waals surface area (Å²) in [5.41, 5.74) is 6.20. The molecule has 1 aromatic carbocycles. The van der Waals surface area contributed by atoms with Gasteiger partial charge in [-0.1, -0.05) is 44.2 Å². The van der Waals surface area contributed by atoms with E-state index in [0.717, 1.165) is 5.56 Å². The highest BCUT2D eigenvalue weighted by molar-refractivity contribution is 5.92. The van der Waals surface area contributed by atoms with Crippen LogP contribution in [0.1, 0.15) is 25.8 Å². The van der Waals surface area contributed by atoms with Crippen molar-refractivity contribution in [3.05, 3.63) is 35.9 Å². The molecule has 10 heteroatoms. The quantitative estimate of drug-likeness (QED) is 0.245. The summed E-state index contributed by atoms with van der Waals surface area (Å²) in [6.07, 6.45) is 0.393. The summed E-state index contributed by atoms with van der Waals surface area (Å²) in [6.45, 7) is 2.69. The van der Waals surface area contributed by atoms with Crippen LogP contribution in [0, 0.1) is 5.92 Å². The number of carbonyl (C=O) groups is 4.